The van der Waals surface area contributed by atoms with E-state index >= 15 is 0 Å². The predicted octanol–water partition coefficient (Wildman–Crippen LogP) is 3.21. The van der Waals surface area contributed by atoms with Crippen molar-refractivity contribution in [3.63, 3.8) is 0 Å². The number of pyridine rings is 1. The van der Waals surface area contributed by atoms with E-state index in [2.05, 4.69) is 19.9 Å². The van der Waals surface area contributed by atoms with Crippen molar-refractivity contribution >= 4 is 22.2 Å². The minimum absolute atomic E-state index is 0.132. The molecule has 0 atom stereocenters. The quantitative estimate of drug-likeness (QED) is 0.438. The van der Waals surface area contributed by atoms with E-state index in [1.54, 1.807) is 18.5 Å². The van der Waals surface area contributed by atoms with Gasteiger partial charge in [-0.05, 0) is 30.5 Å². The minimum atomic E-state index is -0.438. The third-order valence-electron chi connectivity index (χ3n) is 7.73. The van der Waals surface area contributed by atoms with Crippen molar-refractivity contribution in [2.24, 2.45) is 0 Å². The monoisotopic (exact) mass is 492 g/mol. The molecule has 5 heterocycles. The van der Waals surface area contributed by atoms with Crippen molar-refractivity contribution in [1.82, 2.24) is 24.5 Å². The molecule has 3 aromatic heterocycles. The Bertz CT molecular complexity index is 1400. The molecule has 9 nitrogen and oxygen atoms in total. The smallest absolute Gasteiger partial charge is 0.167 e. The zero-order chi connectivity index (χ0) is 24.9. The fourth-order valence-electron chi connectivity index (χ4n) is 5.52. The number of benzene rings is 1. The summed E-state index contributed by atoms with van der Waals surface area (Å²) < 4.78 is 21.4. The SMILES string of the molecule is COc1cc2c(-c3cnn4cc(N5CCC(N6CC[N+](C)(O)CC6)CC5)cnc34)ccnc2cc1F. The Kier molecular flexibility index (Phi) is 5.74. The summed E-state index contributed by atoms with van der Waals surface area (Å²) in [7, 11) is 3.34. The van der Waals surface area contributed by atoms with Gasteiger partial charge in [0.05, 0.1) is 57.0 Å². The van der Waals surface area contributed by atoms with Gasteiger partial charge >= 0.3 is 0 Å². The maximum absolute atomic E-state index is 14.2. The van der Waals surface area contributed by atoms with Gasteiger partial charge in [-0.1, -0.05) is 0 Å². The van der Waals surface area contributed by atoms with Crippen LogP contribution < -0.4 is 9.64 Å². The third-order valence-corrected chi connectivity index (χ3v) is 7.73. The van der Waals surface area contributed by atoms with Crippen molar-refractivity contribution in [1.29, 1.82) is 0 Å². The van der Waals surface area contributed by atoms with Crippen LogP contribution in [0.25, 0.3) is 27.7 Å². The Balaban J connectivity index is 1.22. The molecule has 0 radical (unpaired) electrons. The summed E-state index contributed by atoms with van der Waals surface area (Å²) in [6.07, 6.45) is 9.62. The number of piperidine rings is 1. The van der Waals surface area contributed by atoms with Gasteiger partial charge in [0.15, 0.2) is 17.2 Å². The van der Waals surface area contributed by atoms with E-state index in [-0.39, 0.29) is 10.4 Å². The largest absolute Gasteiger partial charge is 0.494 e. The van der Waals surface area contributed by atoms with Crippen LogP contribution >= 0.6 is 0 Å². The molecule has 2 fully saturated rings. The summed E-state index contributed by atoms with van der Waals surface area (Å²) in [5.41, 5.74) is 4.09. The number of methoxy groups -OCH3 is 1. The standard InChI is InChI=1S/C26H31FN7O2/c1-34(35)11-9-32(10-12-34)18-4-7-31(8-5-18)19-15-29-26-22(16-30-33(26)17-19)20-3-6-28-24-14-23(27)25(36-2)13-21(20)24/h3,6,13-18,35H,4-5,7-12H2,1-2H3/q+1. The molecule has 4 aromatic rings. The zero-order valence-electron chi connectivity index (χ0n) is 20.6. The molecule has 10 heteroatoms. The number of anilines is 1. The predicted molar refractivity (Wildman–Crippen MR) is 135 cm³/mol. The maximum Gasteiger partial charge on any atom is 0.167 e. The van der Waals surface area contributed by atoms with Gasteiger partial charge in [0.1, 0.15) is 13.1 Å². The molecule has 1 N–H and O–H groups in total. The zero-order valence-corrected chi connectivity index (χ0v) is 20.6. The molecule has 0 saturated carbocycles. The van der Waals surface area contributed by atoms with Crippen LogP contribution in [0.15, 0.2) is 43.0 Å². The lowest BCUT2D eigenvalue weighted by molar-refractivity contribution is -1.09. The highest BCUT2D eigenvalue weighted by atomic mass is 19.1. The first kappa shape index (κ1) is 23.1. The highest BCUT2D eigenvalue weighted by Gasteiger charge is 2.33. The second-order valence-corrected chi connectivity index (χ2v) is 10.0. The molecule has 2 aliphatic heterocycles. The van der Waals surface area contributed by atoms with Crippen LogP contribution in [0.1, 0.15) is 12.8 Å². The molecule has 2 aliphatic rings. The summed E-state index contributed by atoms with van der Waals surface area (Å²) in [6.45, 7) is 5.41. The summed E-state index contributed by atoms with van der Waals surface area (Å²) >= 11 is 0. The maximum atomic E-state index is 14.2. The number of hydrogen-bond acceptors (Lipinski definition) is 7. The second-order valence-electron chi connectivity index (χ2n) is 10.0. The van der Waals surface area contributed by atoms with Crippen molar-refractivity contribution in [2.45, 2.75) is 18.9 Å². The highest BCUT2D eigenvalue weighted by molar-refractivity contribution is 5.98. The number of aromatic nitrogens is 4. The molecule has 0 aliphatic carbocycles. The van der Waals surface area contributed by atoms with Crippen LogP contribution in [0.4, 0.5) is 10.1 Å². The number of fused-ring (bicyclic) bond motifs is 2. The Hall–Kier alpha value is -3.34. The van der Waals surface area contributed by atoms with Gasteiger partial charge in [0.25, 0.3) is 0 Å². The van der Waals surface area contributed by atoms with Crippen molar-refractivity contribution < 1.29 is 19.0 Å². The van der Waals surface area contributed by atoms with Crippen LogP contribution in [-0.2, 0) is 0 Å². The first-order valence-electron chi connectivity index (χ1n) is 12.4. The van der Waals surface area contributed by atoms with Crippen molar-refractivity contribution in [2.75, 3.05) is 58.3 Å². The fraction of sp³-hybridized carbons (Fsp3) is 0.423. The van der Waals surface area contributed by atoms with Crippen molar-refractivity contribution in [3.05, 3.63) is 48.8 Å². The van der Waals surface area contributed by atoms with E-state index in [1.165, 1.54) is 13.2 Å². The molecular formula is C26H31FN7O2+. The molecule has 1 aromatic carbocycles. The Labute approximate surface area is 208 Å². The number of ether oxygens (including phenoxy) is 1. The van der Waals surface area contributed by atoms with Gasteiger partial charge in [-0.2, -0.15) is 9.75 Å². The summed E-state index contributed by atoms with van der Waals surface area (Å²) in [4.78, 5) is 14.0. The van der Waals surface area contributed by atoms with Gasteiger partial charge in [-0.15, -0.1) is 0 Å². The van der Waals surface area contributed by atoms with Crippen LogP contribution in [-0.4, -0.2) is 93.8 Å². The summed E-state index contributed by atoms with van der Waals surface area (Å²) in [5, 5.41) is 15.6. The normalized spacial score (nSPS) is 19.3. The van der Waals surface area contributed by atoms with Crippen LogP contribution in [0.2, 0.25) is 0 Å². The van der Waals surface area contributed by atoms with E-state index in [4.69, 9.17) is 9.72 Å². The number of rotatable bonds is 4. The molecule has 0 bridgehead atoms. The second kappa shape index (κ2) is 8.95. The lowest BCUT2D eigenvalue weighted by atomic mass is 10.0. The topological polar surface area (TPSA) is 79.0 Å². The first-order chi connectivity index (χ1) is 17.4. The van der Waals surface area contributed by atoms with E-state index in [0.29, 0.717) is 11.6 Å². The van der Waals surface area contributed by atoms with Crippen molar-refractivity contribution in [3.8, 4) is 16.9 Å². The minimum Gasteiger partial charge on any atom is -0.494 e. The van der Waals surface area contributed by atoms with E-state index in [0.717, 1.165) is 80.0 Å². The van der Waals surface area contributed by atoms with E-state index in [9.17, 15) is 9.60 Å². The number of piperazine rings is 1. The number of likely N-dealkylation sites (N-methyl/N-ethyl adjacent to an activating group) is 1. The van der Waals surface area contributed by atoms with E-state index in [1.807, 2.05) is 30.0 Å². The van der Waals surface area contributed by atoms with Crippen LogP contribution in [0.5, 0.6) is 5.75 Å². The Morgan fingerprint density at radius 1 is 1.06 bits per heavy atom. The van der Waals surface area contributed by atoms with Gasteiger partial charge in [0.2, 0.25) is 0 Å². The number of hydroxylamine groups is 3. The molecule has 188 valence electrons. The number of nitrogens with zero attached hydrogens (tertiary/aromatic N) is 7. The van der Waals surface area contributed by atoms with Gasteiger partial charge in [-0.3, -0.25) is 9.88 Å². The van der Waals surface area contributed by atoms with Crippen LogP contribution in [0, 0.1) is 5.82 Å². The fourth-order valence-corrected chi connectivity index (χ4v) is 5.52. The van der Waals surface area contributed by atoms with Crippen LogP contribution in [0.3, 0.4) is 0 Å². The summed E-state index contributed by atoms with van der Waals surface area (Å²) in [6, 6.07) is 5.54. The molecule has 0 amide bonds. The average molecular weight is 493 g/mol. The lowest BCUT2D eigenvalue weighted by Gasteiger charge is -2.43. The van der Waals surface area contributed by atoms with Gasteiger partial charge in [0, 0.05) is 42.3 Å². The van der Waals surface area contributed by atoms with E-state index < -0.39 is 5.82 Å². The Morgan fingerprint density at radius 2 is 1.83 bits per heavy atom. The molecule has 6 rings (SSSR count). The summed E-state index contributed by atoms with van der Waals surface area (Å²) in [5.74, 6) is -0.256. The average Bonchev–Trinajstić information content (AvgIpc) is 3.31. The molecule has 2 saturated heterocycles. The Morgan fingerprint density at radius 3 is 2.58 bits per heavy atom. The lowest BCUT2D eigenvalue weighted by Crippen LogP contribution is -2.58. The molecular weight excluding hydrogens is 461 g/mol. The number of halogens is 1. The van der Waals surface area contributed by atoms with Gasteiger partial charge < -0.3 is 9.64 Å². The molecule has 0 unspecified atom stereocenters. The molecule has 36 heavy (non-hydrogen) atoms. The highest BCUT2D eigenvalue weighted by Crippen LogP contribution is 2.34. The molecule has 0 spiro atoms. The first-order valence-corrected chi connectivity index (χ1v) is 12.4. The third kappa shape index (κ3) is 4.15. The number of quaternary nitrogens is 1. The number of hydrogen-bond donors (Lipinski definition) is 1. The van der Waals surface area contributed by atoms with Gasteiger partial charge in [-0.25, -0.2) is 19.1 Å².